The molecule has 0 aliphatic rings. The zero-order valence-corrected chi connectivity index (χ0v) is 9.77. The lowest BCUT2D eigenvalue weighted by molar-refractivity contribution is 0.0702. The molecule has 0 aromatic carbocycles. The molecule has 0 spiro atoms. The number of unbranched alkanes of at least 4 members (excludes halogenated alkanes) is 3. The maximum atomic E-state index is 10.6. The van der Waals surface area contributed by atoms with Crippen LogP contribution in [0.1, 0.15) is 42.3 Å². The van der Waals surface area contributed by atoms with Crippen molar-refractivity contribution in [3.8, 4) is 0 Å². The van der Waals surface area contributed by atoms with Crippen LogP contribution in [-0.2, 0) is 0 Å². The highest BCUT2D eigenvalue weighted by molar-refractivity contribution is 7.12. The number of thiophene rings is 1. The summed E-state index contributed by atoms with van der Waals surface area (Å²) in [6, 6.07) is 1.69. The molecule has 0 atom stereocenters. The summed E-state index contributed by atoms with van der Waals surface area (Å²) in [6.45, 7) is 3.11. The molecule has 0 fully saturated rings. The Balaban J connectivity index is 2.23. The highest BCUT2D eigenvalue weighted by atomic mass is 32.1. The van der Waals surface area contributed by atoms with Crippen LogP contribution in [0, 0.1) is 0 Å². The first-order chi connectivity index (χ1) is 7.24. The van der Waals surface area contributed by atoms with Gasteiger partial charge in [0.2, 0.25) is 0 Å². The lowest BCUT2D eigenvalue weighted by atomic mass is 10.2. The molecule has 84 valence electrons. The zero-order valence-electron chi connectivity index (χ0n) is 8.95. The van der Waals surface area contributed by atoms with Gasteiger partial charge in [-0.2, -0.15) is 0 Å². The molecular weight excluding hydrogens is 210 g/mol. The fourth-order valence-electron chi connectivity index (χ4n) is 1.33. The number of aromatic carboxylic acids is 1. The Morgan fingerprint density at radius 2 is 2.27 bits per heavy atom. The van der Waals surface area contributed by atoms with Gasteiger partial charge in [-0.15, -0.1) is 11.3 Å². The van der Waals surface area contributed by atoms with E-state index in [-0.39, 0.29) is 0 Å². The second-order valence-electron chi connectivity index (χ2n) is 3.49. The maximum Gasteiger partial charge on any atom is 0.345 e. The van der Waals surface area contributed by atoms with Crippen LogP contribution in [0.3, 0.4) is 0 Å². The Kier molecular flexibility index (Phi) is 5.18. The lowest BCUT2D eigenvalue weighted by Gasteiger charge is -2.02. The molecule has 3 nitrogen and oxygen atoms in total. The highest BCUT2D eigenvalue weighted by Gasteiger charge is 2.05. The summed E-state index contributed by atoms with van der Waals surface area (Å²) in [5, 5.41) is 13.8. The van der Waals surface area contributed by atoms with Crippen LogP contribution >= 0.6 is 11.3 Å². The molecule has 0 aliphatic heterocycles. The Morgan fingerprint density at radius 3 is 2.87 bits per heavy atom. The molecule has 0 aliphatic carbocycles. The van der Waals surface area contributed by atoms with E-state index >= 15 is 0 Å². The van der Waals surface area contributed by atoms with E-state index in [2.05, 4.69) is 12.2 Å². The first kappa shape index (κ1) is 12.0. The molecule has 0 unspecified atom stereocenters. The van der Waals surface area contributed by atoms with Crippen LogP contribution in [0.2, 0.25) is 0 Å². The molecule has 0 amide bonds. The predicted molar refractivity (Wildman–Crippen MR) is 63.9 cm³/mol. The summed E-state index contributed by atoms with van der Waals surface area (Å²) in [5.41, 5.74) is 0.925. The van der Waals surface area contributed by atoms with E-state index in [1.54, 1.807) is 6.07 Å². The van der Waals surface area contributed by atoms with Crippen molar-refractivity contribution in [2.75, 3.05) is 11.9 Å². The summed E-state index contributed by atoms with van der Waals surface area (Å²) in [7, 11) is 0. The standard InChI is InChI=1S/C11H17NO2S/c1-2-3-4-5-6-12-9-7-10(11(13)14)15-8-9/h7-8,12H,2-6H2,1H3,(H,13,14). The van der Waals surface area contributed by atoms with E-state index in [1.165, 1.54) is 30.6 Å². The highest BCUT2D eigenvalue weighted by Crippen LogP contribution is 2.19. The minimum absolute atomic E-state index is 0.394. The zero-order chi connectivity index (χ0) is 11.1. The average molecular weight is 227 g/mol. The van der Waals surface area contributed by atoms with Crippen molar-refractivity contribution in [2.24, 2.45) is 0 Å². The van der Waals surface area contributed by atoms with Crippen molar-refractivity contribution in [2.45, 2.75) is 32.6 Å². The molecule has 1 heterocycles. The number of hydrogen-bond acceptors (Lipinski definition) is 3. The normalized spacial score (nSPS) is 10.2. The topological polar surface area (TPSA) is 49.3 Å². The van der Waals surface area contributed by atoms with Gasteiger partial charge in [-0.25, -0.2) is 4.79 Å². The molecule has 2 N–H and O–H groups in total. The minimum atomic E-state index is -0.848. The van der Waals surface area contributed by atoms with Gasteiger partial charge in [-0.3, -0.25) is 0 Å². The summed E-state index contributed by atoms with van der Waals surface area (Å²) < 4.78 is 0. The van der Waals surface area contributed by atoms with Crippen molar-refractivity contribution >= 4 is 23.0 Å². The number of carboxylic acid groups (broad SMARTS) is 1. The number of carboxylic acids is 1. The molecule has 1 aromatic rings. The fraction of sp³-hybridized carbons (Fsp3) is 0.545. The van der Waals surface area contributed by atoms with Crippen LogP contribution in [0.15, 0.2) is 11.4 Å². The lowest BCUT2D eigenvalue weighted by Crippen LogP contribution is -2.00. The van der Waals surface area contributed by atoms with Crippen LogP contribution < -0.4 is 5.32 Å². The molecule has 1 rings (SSSR count). The van der Waals surface area contributed by atoms with E-state index in [4.69, 9.17) is 5.11 Å². The van der Waals surface area contributed by atoms with E-state index < -0.39 is 5.97 Å². The van der Waals surface area contributed by atoms with Gasteiger partial charge in [0.05, 0.1) is 0 Å². The maximum absolute atomic E-state index is 10.6. The molecule has 0 bridgehead atoms. The first-order valence-electron chi connectivity index (χ1n) is 5.29. The second-order valence-corrected chi connectivity index (χ2v) is 4.40. The molecular formula is C11H17NO2S. The van der Waals surface area contributed by atoms with E-state index in [9.17, 15) is 4.79 Å². The van der Waals surface area contributed by atoms with E-state index in [1.807, 2.05) is 5.38 Å². The third kappa shape index (κ3) is 4.34. The molecule has 0 radical (unpaired) electrons. The SMILES string of the molecule is CCCCCCNc1csc(C(=O)O)c1. The van der Waals surface area contributed by atoms with Gasteiger partial charge in [0.25, 0.3) is 0 Å². The van der Waals surface area contributed by atoms with Crippen LogP contribution in [0.5, 0.6) is 0 Å². The summed E-state index contributed by atoms with van der Waals surface area (Å²) >= 11 is 1.26. The van der Waals surface area contributed by atoms with Gasteiger partial charge in [0.15, 0.2) is 0 Å². The number of anilines is 1. The third-order valence-electron chi connectivity index (χ3n) is 2.17. The number of hydrogen-bond donors (Lipinski definition) is 2. The number of carbonyl (C=O) groups is 1. The Labute approximate surface area is 94.1 Å². The number of nitrogens with one attached hydrogen (secondary N) is 1. The van der Waals surface area contributed by atoms with Gasteiger partial charge >= 0.3 is 5.97 Å². The Morgan fingerprint density at radius 1 is 1.47 bits per heavy atom. The van der Waals surface area contributed by atoms with E-state index in [0.717, 1.165) is 18.7 Å². The van der Waals surface area contributed by atoms with Crippen molar-refractivity contribution in [3.05, 3.63) is 16.3 Å². The first-order valence-corrected chi connectivity index (χ1v) is 6.17. The van der Waals surface area contributed by atoms with E-state index in [0.29, 0.717) is 4.88 Å². The summed E-state index contributed by atoms with van der Waals surface area (Å²) in [4.78, 5) is 11.0. The van der Waals surface area contributed by atoms with Gasteiger partial charge in [0.1, 0.15) is 4.88 Å². The van der Waals surface area contributed by atoms with Gasteiger partial charge in [-0.05, 0) is 12.5 Å². The molecule has 0 saturated carbocycles. The average Bonchev–Trinajstić information content (AvgIpc) is 2.66. The largest absolute Gasteiger partial charge is 0.477 e. The van der Waals surface area contributed by atoms with Crippen molar-refractivity contribution in [1.29, 1.82) is 0 Å². The Hall–Kier alpha value is -1.03. The smallest absolute Gasteiger partial charge is 0.345 e. The summed E-state index contributed by atoms with van der Waals surface area (Å²) in [5.74, 6) is -0.848. The molecule has 15 heavy (non-hydrogen) atoms. The molecule has 1 aromatic heterocycles. The summed E-state index contributed by atoms with van der Waals surface area (Å²) in [6.07, 6.45) is 4.89. The van der Waals surface area contributed by atoms with Crippen molar-refractivity contribution in [3.63, 3.8) is 0 Å². The predicted octanol–water partition coefficient (Wildman–Crippen LogP) is 3.44. The van der Waals surface area contributed by atoms with Gasteiger partial charge in [0, 0.05) is 17.6 Å². The monoisotopic (exact) mass is 227 g/mol. The molecule has 4 heteroatoms. The third-order valence-corrected chi connectivity index (χ3v) is 3.09. The van der Waals surface area contributed by atoms with Crippen molar-refractivity contribution < 1.29 is 9.90 Å². The van der Waals surface area contributed by atoms with Gasteiger partial charge in [-0.1, -0.05) is 26.2 Å². The van der Waals surface area contributed by atoms with Gasteiger partial charge < -0.3 is 10.4 Å². The van der Waals surface area contributed by atoms with Crippen LogP contribution in [-0.4, -0.2) is 17.6 Å². The quantitative estimate of drug-likeness (QED) is 0.701. The minimum Gasteiger partial charge on any atom is -0.477 e. The number of rotatable bonds is 7. The Bertz CT molecular complexity index is 309. The van der Waals surface area contributed by atoms with Crippen LogP contribution in [0.4, 0.5) is 5.69 Å². The fourth-order valence-corrected chi connectivity index (χ4v) is 2.03. The van der Waals surface area contributed by atoms with Crippen LogP contribution in [0.25, 0.3) is 0 Å². The van der Waals surface area contributed by atoms with Crippen molar-refractivity contribution in [1.82, 2.24) is 0 Å². The second kappa shape index (κ2) is 6.45. The molecule has 0 saturated heterocycles.